The van der Waals surface area contributed by atoms with Crippen LogP contribution in [0.15, 0.2) is 8.68 Å². The lowest BCUT2D eigenvalue weighted by molar-refractivity contribution is 0.465. The van der Waals surface area contributed by atoms with Crippen molar-refractivity contribution in [3.05, 3.63) is 0 Å². The summed E-state index contributed by atoms with van der Waals surface area (Å²) in [6.07, 6.45) is 5.66. The van der Waals surface area contributed by atoms with Crippen LogP contribution in [0.4, 0.5) is 0 Å². The Balaban J connectivity index is 2.62. The third-order valence-electron chi connectivity index (χ3n) is 2.73. The molecule has 2 atom stereocenters. The number of hydrogen-bond donors (Lipinski definition) is 1. The fourth-order valence-electron chi connectivity index (χ4n) is 1.90. The molecule has 1 aromatic heterocycles. The molecule has 6 heteroatoms. The van der Waals surface area contributed by atoms with E-state index in [4.69, 9.17) is 0 Å². The van der Waals surface area contributed by atoms with Crippen LogP contribution in [-0.2, 0) is 0 Å². The Morgan fingerprint density at radius 1 is 1.22 bits per heavy atom. The van der Waals surface area contributed by atoms with Gasteiger partial charge in [0.2, 0.25) is 0 Å². The SMILES string of the molecule is CCCC(NCC)C(CC)Sc1nnc(SC)s1. The number of aromatic nitrogens is 2. The summed E-state index contributed by atoms with van der Waals surface area (Å²) in [5.41, 5.74) is 0. The second-order valence-corrected chi connectivity index (χ2v) is 7.57. The zero-order valence-corrected chi connectivity index (χ0v) is 14.1. The van der Waals surface area contributed by atoms with Crippen molar-refractivity contribution < 1.29 is 0 Å². The van der Waals surface area contributed by atoms with Gasteiger partial charge in [-0.2, -0.15) is 0 Å². The second kappa shape index (κ2) is 9.18. The summed E-state index contributed by atoms with van der Waals surface area (Å²) in [7, 11) is 0. The largest absolute Gasteiger partial charge is 0.313 e. The standard InChI is InChI=1S/C12H23N3S3/c1-5-8-9(13-7-3)10(6-2)17-12-15-14-11(16-4)18-12/h9-10,13H,5-8H2,1-4H3. The van der Waals surface area contributed by atoms with E-state index in [2.05, 4.69) is 36.3 Å². The van der Waals surface area contributed by atoms with Gasteiger partial charge in [0.25, 0.3) is 0 Å². The highest BCUT2D eigenvalue weighted by atomic mass is 32.2. The molecule has 1 N–H and O–H groups in total. The maximum absolute atomic E-state index is 4.26. The van der Waals surface area contributed by atoms with Gasteiger partial charge >= 0.3 is 0 Å². The third kappa shape index (κ3) is 5.07. The molecule has 0 radical (unpaired) electrons. The van der Waals surface area contributed by atoms with Gasteiger partial charge in [-0.3, -0.25) is 0 Å². The Kier molecular flexibility index (Phi) is 8.30. The molecule has 0 fully saturated rings. The first-order valence-electron chi connectivity index (χ1n) is 6.52. The van der Waals surface area contributed by atoms with Gasteiger partial charge in [0, 0.05) is 11.3 Å². The molecule has 0 aliphatic carbocycles. The molecule has 104 valence electrons. The fraction of sp³-hybridized carbons (Fsp3) is 0.833. The average Bonchev–Trinajstić information content (AvgIpc) is 2.83. The van der Waals surface area contributed by atoms with Gasteiger partial charge in [-0.05, 0) is 25.6 Å². The summed E-state index contributed by atoms with van der Waals surface area (Å²) in [5.74, 6) is 0. The van der Waals surface area contributed by atoms with Crippen LogP contribution in [-0.4, -0.2) is 34.3 Å². The molecule has 0 saturated heterocycles. The Morgan fingerprint density at radius 3 is 2.44 bits per heavy atom. The van der Waals surface area contributed by atoms with Gasteiger partial charge in [-0.25, -0.2) is 0 Å². The highest BCUT2D eigenvalue weighted by Crippen LogP contribution is 2.33. The highest BCUT2D eigenvalue weighted by Gasteiger charge is 2.21. The molecule has 1 aromatic rings. The predicted octanol–water partition coefficient (Wildman–Crippen LogP) is 3.91. The molecule has 3 nitrogen and oxygen atoms in total. The van der Waals surface area contributed by atoms with Gasteiger partial charge in [-0.1, -0.05) is 62.1 Å². The molecule has 0 bridgehead atoms. The molecule has 1 heterocycles. The molecule has 0 aromatic carbocycles. The zero-order valence-electron chi connectivity index (χ0n) is 11.6. The molecular weight excluding hydrogens is 282 g/mol. The first kappa shape index (κ1) is 16.3. The monoisotopic (exact) mass is 305 g/mol. The van der Waals surface area contributed by atoms with Crippen molar-refractivity contribution in [3.63, 3.8) is 0 Å². The molecule has 0 saturated carbocycles. The van der Waals surface area contributed by atoms with Gasteiger partial charge in [0.1, 0.15) is 0 Å². The number of thioether (sulfide) groups is 2. The summed E-state index contributed by atoms with van der Waals surface area (Å²) >= 11 is 5.26. The van der Waals surface area contributed by atoms with Crippen LogP contribution in [0, 0.1) is 0 Å². The van der Waals surface area contributed by atoms with Crippen LogP contribution in [0.25, 0.3) is 0 Å². The first-order valence-corrected chi connectivity index (χ1v) is 9.44. The van der Waals surface area contributed by atoms with Crippen LogP contribution < -0.4 is 5.32 Å². The van der Waals surface area contributed by atoms with E-state index in [1.807, 2.05) is 18.0 Å². The quantitative estimate of drug-likeness (QED) is 0.700. The van der Waals surface area contributed by atoms with Crippen LogP contribution in [0.5, 0.6) is 0 Å². The molecular formula is C12H23N3S3. The van der Waals surface area contributed by atoms with Crippen LogP contribution in [0.2, 0.25) is 0 Å². The minimum atomic E-state index is 0.580. The molecule has 0 amide bonds. The van der Waals surface area contributed by atoms with Gasteiger partial charge in [0.15, 0.2) is 8.68 Å². The van der Waals surface area contributed by atoms with Crippen molar-refractivity contribution >= 4 is 34.9 Å². The second-order valence-electron chi connectivity index (χ2n) is 4.06. The van der Waals surface area contributed by atoms with E-state index in [-0.39, 0.29) is 0 Å². The van der Waals surface area contributed by atoms with E-state index >= 15 is 0 Å². The molecule has 0 aliphatic rings. The van der Waals surface area contributed by atoms with Crippen molar-refractivity contribution in [2.24, 2.45) is 0 Å². The molecule has 1 rings (SSSR count). The Labute approximate surface area is 123 Å². The Morgan fingerprint density at radius 2 is 1.94 bits per heavy atom. The van der Waals surface area contributed by atoms with Crippen molar-refractivity contribution in [1.82, 2.24) is 15.5 Å². The lowest BCUT2D eigenvalue weighted by Crippen LogP contribution is -2.37. The van der Waals surface area contributed by atoms with Gasteiger partial charge < -0.3 is 5.32 Å². The van der Waals surface area contributed by atoms with E-state index in [0.717, 1.165) is 21.6 Å². The first-order chi connectivity index (χ1) is 8.74. The number of nitrogens with one attached hydrogen (secondary N) is 1. The maximum Gasteiger partial charge on any atom is 0.175 e. The lowest BCUT2D eigenvalue weighted by atomic mass is 10.1. The summed E-state index contributed by atoms with van der Waals surface area (Å²) in [5, 5.41) is 12.6. The zero-order chi connectivity index (χ0) is 13.4. The summed E-state index contributed by atoms with van der Waals surface area (Å²) in [4.78, 5) is 0. The van der Waals surface area contributed by atoms with E-state index in [0.29, 0.717) is 11.3 Å². The van der Waals surface area contributed by atoms with Gasteiger partial charge in [0.05, 0.1) is 0 Å². The molecule has 2 unspecified atom stereocenters. The average molecular weight is 306 g/mol. The maximum atomic E-state index is 4.26. The summed E-state index contributed by atoms with van der Waals surface area (Å²) < 4.78 is 2.16. The van der Waals surface area contributed by atoms with Crippen LogP contribution in [0.1, 0.15) is 40.0 Å². The predicted molar refractivity (Wildman–Crippen MR) is 84.0 cm³/mol. The Bertz CT molecular complexity index is 324. The normalized spacial score (nSPS) is 14.7. The van der Waals surface area contributed by atoms with Crippen molar-refractivity contribution in [3.8, 4) is 0 Å². The van der Waals surface area contributed by atoms with Crippen LogP contribution in [0.3, 0.4) is 0 Å². The smallest absolute Gasteiger partial charge is 0.175 e. The highest BCUT2D eigenvalue weighted by molar-refractivity contribution is 8.03. The number of hydrogen-bond acceptors (Lipinski definition) is 6. The minimum Gasteiger partial charge on any atom is -0.313 e. The van der Waals surface area contributed by atoms with E-state index in [1.165, 1.54) is 12.8 Å². The van der Waals surface area contributed by atoms with E-state index in [9.17, 15) is 0 Å². The fourth-order valence-corrected chi connectivity index (χ4v) is 4.77. The lowest BCUT2D eigenvalue weighted by Gasteiger charge is -2.25. The molecule has 0 aliphatic heterocycles. The van der Waals surface area contributed by atoms with Crippen LogP contribution >= 0.6 is 34.9 Å². The van der Waals surface area contributed by atoms with E-state index < -0.39 is 0 Å². The molecule has 18 heavy (non-hydrogen) atoms. The topological polar surface area (TPSA) is 37.8 Å². The van der Waals surface area contributed by atoms with Crippen molar-refractivity contribution in [2.45, 2.75) is 60.0 Å². The third-order valence-corrected chi connectivity index (χ3v) is 6.21. The minimum absolute atomic E-state index is 0.580. The summed E-state index contributed by atoms with van der Waals surface area (Å²) in [6, 6.07) is 0.580. The number of rotatable bonds is 9. The summed E-state index contributed by atoms with van der Waals surface area (Å²) in [6.45, 7) is 7.72. The van der Waals surface area contributed by atoms with Crippen molar-refractivity contribution in [1.29, 1.82) is 0 Å². The van der Waals surface area contributed by atoms with Crippen molar-refractivity contribution in [2.75, 3.05) is 12.8 Å². The molecule has 0 spiro atoms. The Hall–Kier alpha value is 0.220. The van der Waals surface area contributed by atoms with Gasteiger partial charge in [-0.15, -0.1) is 10.2 Å². The van der Waals surface area contributed by atoms with E-state index in [1.54, 1.807) is 23.1 Å². The number of nitrogens with zero attached hydrogens (tertiary/aromatic N) is 2.